The van der Waals surface area contributed by atoms with Crippen LogP contribution in [0.25, 0.3) is 0 Å². The highest BCUT2D eigenvalue weighted by atomic mass is 35.5. The Balaban J connectivity index is 0.00000161. The van der Waals surface area contributed by atoms with Crippen LogP contribution in [0.3, 0.4) is 0 Å². The molecule has 1 aromatic carbocycles. The van der Waals surface area contributed by atoms with E-state index in [0.29, 0.717) is 5.56 Å². The third kappa shape index (κ3) is 3.37. The quantitative estimate of drug-likeness (QED) is 0.909. The van der Waals surface area contributed by atoms with Crippen molar-refractivity contribution in [3.8, 4) is 5.75 Å². The average Bonchev–Trinajstić information content (AvgIpc) is 2.99. The van der Waals surface area contributed by atoms with E-state index in [0.717, 1.165) is 31.1 Å². The van der Waals surface area contributed by atoms with Crippen LogP contribution in [-0.2, 0) is 0 Å². The molecule has 0 bridgehead atoms. The van der Waals surface area contributed by atoms with Crippen LogP contribution in [0.4, 0.5) is 4.39 Å². The molecule has 21 heavy (non-hydrogen) atoms. The van der Waals surface area contributed by atoms with Crippen LogP contribution >= 0.6 is 23.7 Å². The number of thiophene rings is 1. The summed E-state index contributed by atoms with van der Waals surface area (Å²) < 4.78 is 13.7. The number of hydrogen-bond acceptors (Lipinski definition) is 4. The van der Waals surface area contributed by atoms with E-state index in [-0.39, 0.29) is 24.2 Å². The molecule has 6 heteroatoms. The molecule has 1 aliphatic rings. The van der Waals surface area contributed by atoms with Gasteiger partial charge >= 0.3 is 0 Å². The highest BCUT2D eigenvalue weighted by molar-refractivity contribution is 7.10. The van der Waals surface area contributed by atoms with Crippen molar-refractivity contribution in [1.82, 2.24) is 10.2 Å². The van der Waals surface area contributed by atoms with Gasteiger partial charge in [-0.2, -0.15) is 0 Å². The van der Waals surface area contributed by atoms with E-state index < -0.39 is 5.82 Å². The van der Waals surface area contributed by atoms with Crippen molar-refractivity contribution in [2.24, 2.45) is 0 Å². The zero-order chi connectivity index (χ0) is 13.9. The zero-order valence-corrected chi connectivity index (χ0v) is 13.1. The number of aromatic hydroxyl groups is 1. The van der Waals surface area contributed by atoms with Gasteiger partial charge in [0.25, 0.3) is 0 Å². The summed E-state index contributed by atoms with van der Waals surface area (Å²) >= 11 is 1.64. The average molecular weight is 329 g/mol. The monoisotopic (exact) mass is 328 g/mol. The van der Waals surface area contributed by atoms with Crippen molar-refractivity contribution in [2.75, 3.05) is 26.2 Å². The predicted octanol–water partition coefficient (Wildman–Crippen LogP) is 3.01. The van der Waals surface area contributed by atoms with Crippen molar-refractivity contribution >= 4 is 23.7 Å². The summed E-state index contributed by atoms with van der Waals surface area (Å²) in [6.45, 7) is 3.60. The number of para-hydroxylation sites is 1. The van der Waals surface area contributed by atoms with Gasteiger partial charge in [-0.15, -0.1) is 23.7 Å². The van der Waals surface area contributed by atoms with Gasteiger partial charge in [-0.3, -0.25) is 4.90 Å². The largest absolute Gasteiger partial charge is 0.505 e. The summed E-state index contributed by atoms with van der Waals surface area (Å²) in [6.07, 6.45) is 0. The molecular formula is C15H18ClFN2OS. The molecule has 1 aromatic heterocycles. The van der Waals surface area contributed by atoms with Gasteiger partial charge in [0.1, 0.15) is 0 Å². The summed E-state index contributed by atoms with van der Waals surface area (Å²) in [5.41, 5.74) is 0.648. The number of phenolic OH excluding ortho intramolecular Hbond substituents is 1. The fourth-order valence-electron chi connectivity index (χ4n) is 2.67. The number of halogens is 2. The third-order valence-corrected chi connectivity index (χ3v) is 4.57. The van der Waals surface area contributed by atoms with Gasteiger partial charge in [0.15, 0.2) is 11.6 Å². The normalized spacial score (nSPS) is 17.2. The topological polar surface area (TPSA) is 35.5 Å². The lowest BCUT2D eigenvalue weighted by atomic mass is 10.0. The number of hydrogen-bond donors (Lipinski definition) is 2. The Kier molecular flexibility index (Phi) is 5.58. The van der Waals surface area contributed by atoms with Crippen LogP contribution in [0.1, 0.15) is 16.5 Å². The van der Waals surface area contributed by atoms with Gasteiger partial charge in [-0.1, -0.05) is 18.2 Å². The van der Waals surface area contributed by atoms with E-state index in [2.05, 4.69) is 10.2 Å². The second kappa shape index (κ2) is 7.22. The SMILES string of the molecule is Cl.Oc1c(F)cccc1[C@H](c1cccs1)N1CCNCC1. The Bertz CT molecular complexity index is 573. The lowest BCUT2D eigenvalue weighted by Gasteiger charge is -2.35. The first kappa shape index (κ1) is 16.2. The van der Waals surface area contributed by atoms with E-state index >= 15 is 0 Å². The smallest absolute Gasteiger partial charge is 0.165 e. The van der Waals surface area contributed by atoms with Crippen LogP contribution in [-0.4, -0.2) is 36.2 Å². The molecular weight excluding hydrogens is 311 g/mol. The fourth-order valence-corrected chi connectivity index (χ4v) is 3.55. The van der Waals surface area contributed by atoms with Crippen LogP contribution < -0.4 is 5.32 Å². The highest BCUT2D eigenvalue weighted by Gasteiger charge is 2.27. The number of piperazine rings is 1. The summed E-state index contributed by atoms with van der Waals surface area (Å²) in [7, 11) is 0. The second-order valence-electron chi connectivity index (χ2n) is 4.88. The van der Waals surface area contributed by atoms with Gasteiger partial charge in [-0.05, 0) is 17.5 Å². The molecule has 0 spiro atoms. The van der Waals surface area contributed by atoms with Crippen molar-refractivity contribution < 1.29 is 9.50 Å². The lowest BCUT2D eigenvalue weighted by Crippen LogP contribution is -2.45. The van der Waals surface area contributed by atoms with Gasteiger partial charge in [-0.25, -0.2) is 4.39 Å². The minimum Gasteiger partial charge on any atom is -0.505 e. The molecule has 0 unspecified atom stereocenters. The molecule has 1 fully saturated rings. The van der Waals surface area contributed by atoms with Gasteiger partial charge in [0, 0.05) is 36.6 Å². The molecule has 3 nitrogen and oxygen atoms in total. The maximum Gasteiger partial charge on any atom is 0.165 e. The molecule has 2 N–H and O–H groups in total. The highest BCUT2D eigenvalue weighted by Crippen LogP contribution is 2.37. The second-order valence-corrected chi connectivity index (χ2v) is 5.86. The predicted molar refractivity (Wildman–Crippen MR) is 85.9 cm³/mol. The van der Waals surface area contributed by atoms with E-state index in [9.17, 15) is 9.50 Å². The molecule has 0 aliphatic carbocycles. The van der Waals surface area contributed by atoms with Gasteiger partial charge in [0.2, 0.25) is 0 Å². The Hall–Kier alpha value is -1.14. The first-order valence-corrected chi connectivity index (χ1v) is 7.61. The Labute approximate surface area is 133 Å². The van der Waals surface area contributed by atoms with E-state index in [1.807, 2.05) is 23.6 Å². The third-order valence-electron chi connectivity index (χ3n) is 3.64. The summed E-state index contributed by atoms with van der Waals surface area (Å²) in [6, 6.07) is 8.72. The van der Waals surface area contributed by atoms with Crippen LogP contribution in [0.2, 0.25) is 0 Å². The molecule has 0 saturated carbocycles. The first-order chi connectivity index (χ1) is 9.77. The molecule has 2 heterocycles. The van der Waals surface area contributed by atoms with E-state index in [1.54, 1.807) is 17.4 Å². The Morgan fingerprint density at radius 1 is 1.19 bits per heavy atom. The number of phenols is 1. The van der Waals surface area contributed by atoms with E-state index in [4.69, 9.17) is 0 Å². The summed E-state index contributed by atoms with van der Waals surface area (Å²) in [4.78, 5) is 3.42. The maximum absolute atomic E-state index is 13.7. The molecule has 3 rings (SSSR count). The number of nitrogens with one attached hydrogen (secondary N) is 1. The number of nitrogens with zero attached hydrogens (tertiary/aromatic N) is 1. The van der Waals surface area contributed by atoms with Crippen molar-refractivity contribution in [3.05, 3.63) is 52.0 Å². The molecule has 0 amide bonds. The van der Waals surface area contributed by atoms with Crippen molar-refractivity contribution in [3.63, 3.8) is 0 Å². The minimum atomic E-state index is -0.556. The van der Waals surface area contributed by atoms with Crippen LogP contribution in [0, 0.1) is 5.82 Å². The van der Waals surface area contributed by atoms with Gasteiger partial charge in [0.05, 0.1) is 6.04 Å². The van der Waals surface area contributed by atoms with E-state index in [1.165, 1.54) is 6.07 Å². The first-order valence-electron chi connectivity index (χ1n) is 6.73. The summed E-state index contributed by atoms with van der Waals surface area (Å²) in [5, 5.41) is 15.4. The lowest BCUT2D eigenvalue weighted by molar-refractivity contribution is 0.197. The molecule has 1 saturated heterocycles. The Morgan fingerprint density at radius 2 is 1.95 bits per heavy atom. The molecule has 1 atom stereocenters. The van der Waals surface area contributed by atoms with Crippen LogP contribution in [0.5, 0.6) is 5.75 Å². The van der Waals surface area contributed by atoms with Crippen LogP contribution in [0.15, 0.2) is 35.7 Å². The standard InChI is InChI=1S/C15H17FN2OS.ClH/c16-12-4-1-3-11(15(12)19)14(13-5-2-10-20-13)18-8-6-17-7-9-18;/h1-5,10,14,17,19H,6-9H2;1H/t14-;/m1./s1. The molecule has 114 valence electrons. The van der Waals surface area contributed by atoms with Crippen molar-refractivity contribution in [1.29, 1.82) is 0 Å². The number of benzene rings is 1. The molecule has 0 radical (unpaired) electrons. The fraction of sp³-hybridized carbons (Fsp3) is 0.333. The zero-order valence-electron chi connectivity index (χ0n) is 11.5. The summed E-state index contributed by atoms with van der Waals surface area (Å²) in [5.74, 6) is -0.788. The molecule has 1 aliphatic heterocycles. The minimum absolute atomic E-state index is 0. The number of rotatable bonds is 3. The maximum atomic E-state index is 13.7. The van der Waals surface area contributed by atoms with Crippen molar-refractivity contribution in [2.45, 2.75) is 6.04 Å². The Morgan fingerprint density at radius 3 is 2.62 bits per heavy atom. The molecule has 2 aromatic rings. The van der Waals surface area contributed by atoms with Gasteiger partial charge < -0.3 is 10.4 Å².